The van der Waals surface area contributed by atoms with Crippen LogP contribution >= 0.6 is 0 Å². The molecule has 0 radical (unpaired) electrons. The van der Waals surface area contributed by atoms with E-state index >= 15 is 0 Å². The molecule has 4 rings (SSSR count). The average Bonchev–Trinajstić information content (AvgIpc) is 3.21. The van der Waals surface area contributed by atoms with E-state index in [0.29, 0.717) is 12.4 Å². The van der Waals surface area contributed by atoms with Crippen molar-refractivity contribution in [1.82, 2.24) is 14.8 Å². The van der Waals surface area contributed by atoms with Crippen molar-refractivity contribution in [2.45, 2.75) is 51.6 Å². The van der Waals surface area contributed by atoms with Crippen LogP contribution in [-0.4, -0.2) is 20.7 Å². The molecule has 28 heavy (non-hydrogen) atoms. The van der Waals surface area contributed by atoms with Crippen molar-refractivity contribution in [2.75, 3.05) is 4.90 Å². The van der Waals surface area contributed by atoms with Crippen LogP contribution in [0.4, 0.5) is 5.95 Å². The molecule has 5 nitrogen and oxygen atoms in total. The Morgan fingerprint density at radius 2 is 1.75 bits per heavy atom. The zero-order valence-electron chi connectivity index (χ0n) is 16.5. The highest BCUT2D eigenvalue weighted by Gasteiger charge is 2.38. The predicted molar refractivity (Wildman–Crippen MR) is 110 cm³/mol. The van der Waals surface area contributed by atoms with Crippen LogP contribution in [0.25, 0.3) is 0 Å². The van der Waals surface area contributed by atoms with Crippen LogP contribution in [0.5, 0.6) is 0 Å². The molecule has 144 valence electrons. The van der Waals surface area contributed by atoms with Crippen LogP contribution in [0, 0.1) is 6.92 Å². The molecule has 0 unspecified atom stereocenters. The maximum atomic E-state index is 13.2. The van der Waals surface area contributed by atoms with Crippen molar-refractivity contribution in [3.05, 3.63) is 77.6 Å². The summed E-state index contributed by atoms with van der Waals surface area (Å²) in [5.41, 5.74) is 3.55. The van der Waals surface area contributed by atoms with E-state index in [2.05, 4.69) is 60.3 Å². The molecule has 2 atom stereocenters. The third-order valence-electron chi connectivity index (χ3n) is 5.48. The summed E-state index contributed by atoms with van der Waals surface area (Å²) in [6.07, 6.45) is 4.74. The number of carbonyl (C=O) groups excluding carboxylic acids is 1. The quantitative estimate of drug-likeness (QED) is 0.642. The van der Waals surface area contributed by atoms with E-state index in [1.165, 1.54) is 11.1 Å². The second kappa shape index (κ2) is 7.97. The molecule has 3 aromatic rings. The molecule has 1 amide bonds. The van der Waals surface area contributed by atoms with Gasteiger partial charge in [-0.05, 0) is 30.9 Å². The van der Waals surface area contributed by atoms with Crippen molar-refractivity contribution in [3.63, 3.8) is 0 Å². The van der Waals surface area contributed by atoms with Crippen molar-refractivity contribution < 1.29 is 4.79 Å². The Kier molecular flexibility index (Phi) is 5.24. The highest BCUT2D eigenvalue weighted by Crippen LogP contribution is 2.42. The number of unbranched alkanes of at least 4 members (excludes halogenated alkanes) is 1. The smallest absolute Gasteiger partial charge is 0.231 e. The number of rotatable bonds is 5. The van der Waals surface area contributed by atoms with Gasteiger partial charge in [0.05, 0.1) is 12.1 Å². The number of benzene rings is 2. The molecule has 1 aliphatic heterocycles. The van der Waals surface area contributed by atoms with Gasteiger partial charge in [0.1, 0.15) is 6.33 Å². The van der Waals surface area contributed by atoms with Crippen LogP contribution in [0.3, 0.4) is 0 Å². The molecule has 5 heteroatoms. The zero-order valence-corrected chi connectivity index (χ0v) is 16.5. The number of nitrogens with zero attached hydrogens (tertiary/aromatic N) is 4. The third-order valence-corrected chi connectivity index (χ3v) is 5.48. The maximum absolute atomic E-state index is 13.2. The van der Waals surface area contributed by atoms with Gasteiger partial charge in [-0.3, -0.25) is 9.69 Å². The minimum atomic E-state index is -0.0492. The Morgan fingerprint density at radius 3 is 2.46 bits per heavy atom. The molecule has 0 fully saturated rings. The highest BCUT2D eigenvalue weighted by atomic mass is 16.2. The fourth-order valence-corrected chi connectivity index (χ4v) is 3.95. The van der Waals surface area contributed by atoms with Gasteiger partial charge in [0.2, 0.25) is 11.9 Å². The SMILES string of the molecule is CCCCC(=O)N1c2ncnn2[C@@H](c2ccccc2)C[C@@H]1c1ccc(C)cc1. The van der Waals surface area contributed by atoms with Gasteiger partial charge < -0.3 is 0 Å². The van der Waals surface area contributed by atoms with E-state index < -0.39 is 0 Å². The van der Waals surface area contributed by atoms with Gasteiger partial charge in [-0.25, -0.2) is 4.68 Å². The average molecular weight is 374 g/mol. The molecule has 0 N–H and O–H groups in total. The van der Waals surface area contributed by atoms with Gasteiger partial charge in [-0.15, -0.1) is 0 Å². The lowest BCUT2D eigenvalue weighted by Crippen LogP contribution is -2.42. The molecule has 0 aliphatic carbocycles. The first-order chi connectivity index (χ1) is 13.7. The summed E-state index contributed by atoms with van der Waals surface area (Å²) in [7, 11) is 0. The summed E-state index contributed by atoms with van der Waals surface area (Å²) in [5, 5.41) is 4.48. The van der Waals surface area contributed by atoms with Crippen molar-refractivity contribution in [1.29, 1.82) is 0 Å². The van der Waals surface area contributed by atoms with E-state index in [9.17, 15) is 4.79 Å². The second-order valence-corrected chi connectivity index (χ2v) is 7.46. The summed E-state index contributed by atoms with van der Waals surface area (Å²) >= 11 is 0. The molecular formula is C23H26N4O. The van der Waals surface area contributed by atoms with E-state index in [4.69, 9.17) is 0 Å². The predicted octanol–water partition coefficient (Wildman–Crippen LogP) is 4.84. The largest absolute Gasteiger partial charge is 0.274 e. The highest BCUT2D eigenvalue weighted by molar-refractivity contribution is 5.92. The molecule has 0 saturated heterocycles. The van der Waals surface area contributed by atoms with Gasteiger partial charge in [-0.2, -0.15) is 10.1 Å². The Morgan fingerprint density at radius 1 is 1.04 bits per heavy atom. The first-order valence-electron chi connectivity index (χ1n) is 10.0. The van der Waals surface area contributed by atoms with Crippen LogP contribution in [0.15, 0.2) is 60.9 Å². The van der Waals surface area contributed by atoms with Gasteiger partial charge in [-0.1, -0.05) is 73.5 Å². The van der Waals surface area contributed by atoms with E-state index in [-0.39, 0.29) is 18.0 Å². The molecule has 1 aromatic heterocycles. The second-order valence-electron chi connectivity index (χ2n) is 7.46. The van der Waals surface area contributed by atoms with Crippen LogP contribution < -0.4 is 4.90 Å². The molecule has 0 saturated carbocycles. The summed E-state index contributed by atoms with van der Waals surface area (Å²) < 4.78 is 1.91. The van der Waals surface area contributed by atoms with Gasteiger partial charge in [0, 0.05) is 6.42 Å². The molecule has 2 aromatic carbocycles. The molecule has 1 aliphatic rings. The molecule has 0 bridgehead atoms. The molecule has 2 heterocycles. The van der Waals surface area contributed by atoms with Crippen LogP contribution in [0.1, 0.15) is 61.4 Å². The molecule has 0 spiro atoms. The lowest BCUT2D eigenvalue weighted by molar-refractivity contribution is -0.119. The van der Waals surface area contributed by atoms with E-state index in [1.54, 1.807) is 6.33 Å². The topological polar surface area (TPSA) is 51.0 Å². The standard InChI is InChI=1S/C23H26N4O/c1-3-4-10-22(28)26-20(19-13-11-17(2)12-14-19)15-21(18-8-6-5-7-9-18)27-23(26)24-16-25-27/h5-9,11-14,16,20-21H,3-4,10,15H2,1-2H3/t20-,21-/m1/s1. The summed E-state index contributed by atoms with van der Waals surface area (Å²) in [5.74, 6) is 0.764. The minimum absolute atomic E-state index is 0.0492. The number of anilines is 1. The normalized spacial score (nSPS) is 18.7. The lowest BCUT2D eigenvalue weighted by Gasteiger charge is -2.39. The van der Waals surface area contributed by atoms with Crippen LogP contribution in [0.2, 0.25) is 0 Å². The zero-order chi connectivity index (χ0) is 19.5. The minimum Gasteiger partial charge on any atom is -0.274 e. The van der Waals surface area contributed by atoms with Crippen molar-refractivity contribution >= 4 is 11.9 Å². The number of fused-ring (bicyclic) bond motifs is 1. The third kappa shape index (κ3) is 3.44. The van der Waals surface area contributed by atoms with Crippen molar-refractivity contribution in [3.8, 4) is 0 Å². The van der Waals surface area contributed by atoms with Crippen molar-refractivity contribution in [2.24, 2.45) is 0 Å². The van der Waals surface area contributed by atoms with E-state index in [1.807, 2.05) is 27.8 Å². The first kappa shape index (κ1) is 18.4. The molecular weight excluding hydrogens is 348 g/mol. The lowest BCUT2D eigenvalue weighted by atomic mass is 9.91. The number of amides is 1. The van der Waals surface area contributed by atoms with Gasteiger partial charge >= 0.3 is 0 Å². The first-order valence-corrected chi connectivity index (χ1v) is 10.0. The Labute approximate surface area is 166 Å². The van der Waals surface area contributed by atoms with Gasteiger partial charge in [0.15, 0.2) is 0 Å². The Balaban J connectivity index is 1.79. The summed E-state index contributed by atoms with van der Waals surface area (Å²) in [6, 6.07) is 18.9. The number of hydrogen-bond donors (Lipinski definition) is 0. The maximum Gasteiger partial charge on any atom is 0.231 e. The monoisotopic (exact) mass is 374 g/mol. The fourth-order valence-electron chi connectivity index (χ4n) is 3.95. The fraction of sp³-hybridized carbons (Fsp3) is 0.348. The van der Waals surface area contributed by atoms with E-state index in [0.717, 1.165) is 24.8 Å². The summed E-state index contributed by atoms with van der Waals surface area (Å²) in [4.78, 5) is 19.5. The summed E-state index contributed by atoms with van der Waals surface area (Å²) in [6.45, 7) is 4.19. The number of aromatic nitrogens is 3. The number of aryl methyl sites for hydroxylation is 1. The Bertz CT molecular complexity index is 933. The van der Waals surface area contributed by atoms with Gasteiger partial charge in [0.25, 0.3) is 0 Å². The number of hydrogen-bond acceptors (Lipinski definition) is 3. The Hall–Kier alpha value is -2.95. The van der Waals surface area contributed by atoms with Crippen LogP contribution in [-0.2, 0) is 4.79 Å². The number of carbonyl (C=O) groups is 1.